The lowest BCUT2D eigenvalue weighted by molar-refractivity contribution is -0.124. The molecular formula is C16H16ClNO6. The third-order valence-corrected chi connectivity index (χ3v) is 3.32. The molecule has 0 aliphatic heterocycles. The minimum Gasteiger partial charge on any atom is -0.493 e. The van der Waals surface area contributed by atoms with Crippen LogP contribution in [0, 0.1) is 0 Å². The van der Waals surface area contributed by atoms with E-state index in [4.69, 9.17) is 30.2 Å². The second-order valence-corrected chi connectivity index (χ2v) is 5.03. The van der Waals surface area contributed by atoms with E-state index in [1.54, 1.807) is 12.1 Å². The lowest BCUT2D eigenvalue weighted by atomic mass is 10.2. The molecule has 0 bridgehead atoms. The second-order valence-electron chi connectivity index (χ2n) is 4.63. The van der Waals surface area contributed by atoms with Crippen LogP contribution in [0.1, 0.15) is 16.1 Å². The molecule has 0 saturated carbocycles. The number of amides is 1. The molecule has 0 spiro atoms. The predicted molar refractivity (Wildman–Crippen MR) is 85.4 cm³/mol. The molecule has 1 N–H and O–H groups in total. The fraction of sp³-hybridized carbons (Fsp3) is 0.250. The lowest BCUT2D eigenvalue weighted by Crippen LogP contribution is -2.28. The number of carbonyl (C=O) groups excluding carboxylic acids is 2. The summed E-state index contributed by atoms with van der Waals surface area (Å²) >= 11 is 6.02. The van der Waals surface area contributed by atoms with Gasteiger partial charge in [-0.25, -0.2) is 4.79 Å². The van der Waals surface area contributed by atoms with E-state index in [2.05, 4.69) is 5.32 Å². The van der Waals surface area contributed by atoms with Crippen molar-refractivity contribution in [2.45, 2.75) is 6.54 Å². The van der Waals surface area contributed by atoms with E-state index in [1.807, 2.05) is 0 Å². The van der Waals surface area contributed by atoms with Gasteiger partial charge in [-0.3, -0.25) is 4.79 Å². The number of methoxy groups -OCH3 is 2. The minimum atomic E-state index is -0.703. The summed E-state index contributed by atoms with van der Waals surface area (Å²) in [6.07, 6.45) is 1.50. The molecule has 0 unspecified atom stereocenters. The van der Waals surface area contributed by atoms with Crippen molar-refractivity contribution in [3.8, 4) is 11.5 Å². The number of carbonyl (C=O) groups is 2. The fourth-order valence-electron chi connectivity index (χ4n) is 1.90. The van der Waals surface area contributed by atoms with E-state index in [0.717, 1.165) is 0 Å². The van der Waals surface area contributed by atoms with Gasteiger partial charge in [0.15, 0.2) is 18.1 Å². The standard InChI is InChI=1S/C16H16ClNO6/c1-21-13-7-10(6-12(17)15(13)22-2)16(20)24-9-14(19)18-8-11-4-3-5-23-11/h3-7H,8-9H2,1-2H3,(H,18,19). The van der Waals surface area contributed by atoms with Crippen LogP contribution in [0.15, 0.2) is 34.9 Å². The average Bonchev–Trinajstić information content (AvgIpc) is 3.10. The van der Waals surface area contributed by atoms with E-state index < -0.39 is 18.5 Å². The lowest BCUT2D eigenvalue weighted by Gasteiger charge is -2.11. The number of benzene rings is 1. The van der Waals surface area contributed by atoms with Crippen molar-refractivity contribution >= 4 is 23.5 Å². The van der Waals surface area contributed by atoms with Gasteiger partial charge >= 0.3 is 5.97 Å². The van der Waals surface area contributed by atoms with Gasteiger partial charge in [-0.05, 0) is 24.3 Å². The Morgan fingerprint density at radius 1 is 1.25 bits per heavy atom. The van der Waals surface area contributed by atoms with Gasteiger partial charge in [0.1, 0.15) is 5.76 Å². The quantitative estimate of drug-likeness (QED) is 0.769. The molecule has 2 aromatic rings. The SMILES string of the molecule is COc1cc(C(=O)OCC(=O)NCc2ccco2)cc(Cl)c1OC. The van der Waals surface area contributed by atoms with Gasteiger partial charge in [0.05, 0.1) is 37.6 Å². The Morgan fingerprint density at radius 2 is 2.04 bits per heavy atom. The van der Waals surface area contributed by atoms with E-state index in [1.165, 1.54) is 32.6 Å². The smallest absolute Gasteiger partial charge is 0.338 e. The van der Waals surface area contributed by atoms with Crippen LogP contribution in [0.2, 0.25) is 5.02 Å². The van der Waals surface area contributed by atoms with Crippen LogP contribution >= 0.6 is 11.6 Å². The highest BCUT2D eigenvalue weighted by Crippen LogP contribution is 2.36. The Kier molecular flexibility index (Phi) is 6.08. The molecule has 1 amide bonds. The molecule has 2 rings (SSSR count). The van der Waals surface area contributed by atoms with Gasteiger partial charge < -0.3 is 23.9 Å². The topological polar surface area (TPSA) is 87.0 Å². The Morgan fingerprint density at radius 3 is 2.67 bits per heavy atom. The molecule has 0 aliphatic rings. The maximum atomic E-state index is 12.0. The average molecular weight is 354 g/mol. The first-order chi connectivity index (χ1) is 11.5. The van der Waals surface area contributed by atoms with E-state index in [0.29, 0.717) is 17.3 Å². The number of ether oxygens (including phenoxy) is 3. The molecule has 24 heavy (non-hydrogen) atoms. The van der Waals surface area contributed by atoms with Crippen molar-refractivity contribution in [2.75, 3.05) is 20.8 Å². The van der Waals surface area contributed by atoms with Gasteiger partial charge in [-0.15, -0.1) is 0 Å². The van der Waals surface area contributed by atoms with Crippen LogP contribution in [-0.4, -0.2) is 32.7 Å². The van der Waals surface area contributed by atoms with Crippen LogP contribution in [0.3, 0.4) is 0 Å². The van der Waals surface area contributed by atoms with Crippen molar-refractivity contribution in [1.82, 2.24) is 5.32 Å². The molecule has 1 aromatic carbocycles. The summed E-state index contributed by atoms with van der Waals surface area (Å²) in [5.74, 6) is 0.0461. The minimum absolute atomic E-state index is 0.150. The number of hydrogen-bond acceptors (Lipinski definition) is 6. The van der Waals surface area contributed by atoms with E-state index in [9.17, 15) is 9.59 Å². The molecule has 0 atom stereocenters. The molecule has 0 fully saturated rings. The number of halogens is 1. The maximum absolute atomic E-state index is 12.0. The number of esters is 1. The van der Waals surface area contributed by atoms with Crippen LogP contribution < -0.4 is 14.8 Å². The highest BCUT2D eigenvalue weighted by atomic mass is 35.5. The van der Waals surface area contributed by atoms with Crippen LogP contribution in [0.5, 0.6) is 11.5 Å². The molecule has 1 heterocycles. The van der Waals surface area contributed by atoms with E-state index >= 15 is 0 Å². The first-order valence-corrected chi connectivity index (χ1v) is 7.30. The van der Waals surface area contributed by atoms with Gasteiger partial charge in [-0.2, -0.15) is 0 Å². The zero-order valence-corrected chi connectivity index (χ0v) is 13.9. The molecule has 1 aromatic heterocycles. The first kappa shape index (κ1) is 17.7. The van der Waals surface area contributed by atoms with Crippen LogP contribution in [-0.2, 0) is 16.1 Å². The molecular weight excluding hydrogens is 338 g/mol. The van der Waals surface area contributed by atoms with Gasteiger partial charge in [0.25, 0.3) is 5.91 Å². The van der Waals surface area contributed by atoms with Gasteiger partial charge in [-0.1, -0.05) is 11.6 Å². The Bertz CT molecular complexity index is 714. The summed E-state index contributed by atoms with van der Waals surface area (Å²) < 4.78 is 20.2. The molecule has 8 heteroatoms. The Hall–Kier alpha value is -2.67. The van der Waals surface area contributed by atoms with Gasteiger partial charge in [0, 0.05) is 0 Å². The predicted octanol–water partition coefficient (Wildman–Crippen LogP) is 2.42. The number of nitrogens with one attached hydrogen (secondary N) is 1. The van der Waals surface area contributed by atoms with Crippen molar-refractivity contribution < 1.29 is 28.2 Å². The highest BCUT2D eigenvalue weighted by molar-refractivity contribution is 6.32. The summed E-state index contributed by atoms with van der Waals surface area (Å²) in [6.45, 7) is -0.211. The van der Waals surface area contributed by atoms with Crippen molar-refractivity contribution in [1.29, 1.82) is 0 Å². The molecule has 0 aliphatic carbocycles. The highest BCUT2D eigenvalue weighted by Gasteiger charge is 2.17. The maximum Gasteiger partial charge on any atom is 0.338 e. The van der Waals surface area contributed by atoms with Crippen molar-refractivity contribution in [3.05, 3.63) is 46.9 Å². The van der Waals surface area contributed by atoms with Crippen LogP contribution in [0.4, 0.5) is 0 Å². The zero-order chi connectivity index (χ0) is 17.5. The number of hydrogen-bond donors (Lipinski definition) is 1. The fourth-order valence-corrected chi connectivity index (χ4v) is 2.19. The summed E-state index contributed by atoms with van der Waals surface area (Å²) in [6, 6.07) is 6.24. The summed E-state index contributed by atoms with van der Waals surface area (Å²) in [5.41, 5.74) is 0.150. The molecule has 7 nitrogen and oxygen atoms in total. The van der Waals surface area contributed by atoms with E-state index in [-0.39, 0.29) is 17.1 Å². The van der Waals surface area contributed by atoms with Crippen LogP contribution in [0.25, 0.3) is 0 Å². The normalized spacial score (nSPS) is 10.1. The zero-order valence-electron chi connectivity index (χ0n) is 13.1. The number of rotatable bonds is 7. The summed E-state index contributed by atoms with van der Waals surface area (Å²) in [4.78, 5) is 23.7. The first-order valence-electron chi connectivity index (χ1n) is 6.93. The van der Waals surface area contributed by atoms with Gasteiger partial charge in [0.2, 0.25) is 0 Å². The third-order valence-electron chi connectivity index (χ3n) is 3.04. The monoisotopic (exact) mass is 353 g/mol. The summed E-state index contributed by atoms with van der Waals surface area (Å²) in [5, 5.41) is 2.76. The Labute approximate surface area is 143 Å². The van der Waals surface area contributed by atoms with Crippen molar-refractivity contribution in [2.24, 2.45) is 0 Å². The Balaban J connectivity index is 1.92. The second kappa shape index (κ2) is 8.26. The number of furan rings is 1. The van der Waals surface area contributed by atoms with Crippen molar-refractivity contribution in [3.63, 3.8) is 0 Å². The third kappa shape index (κ3) is 4.42. The molecule has 128 valence electrons. The molecule has 0 saturated heterocycles. The summed E-state index contributed by atoms with van der Waals surface area (Å²) in [7, 11) is 2.86. The molecule has 0 radical (unpaired) electrons. The largest absolute Gasteiger partial charge is 0.493 e.